The molecule has 2 heterocycles. The summed E-state index contributed by atoms with van der Waals surface area (Å²) >= 11 is 11.4. The minimum absolute atomic E-state index is 0.301. The molecule has 0 atom stereocenters. The summed E-state index contributed by atoms with van der Waals surface area (Å²) in [5.74, 6) is 1.56. The molecule has 3 aromatic rings. The van der Waals surface area contributed by atoms with E-state index in [1.165, 1.54) is 0 Å². The Morgan fingerprint density at radius 1 is 1.25 bits per heavy atom. The van der Waals surface area contributed by atoms with Gasteiger partial charge in [-0.1, -0.05) is 35.0 Å². The molecule has 0 unspecified atom stereocenters. The lowest BCUT2D eigenvalue weighted by atomic mass is 10.2. The van der Waals surface area contributed by atoms with Crippen LogP contribution in [0.3, 0.4) is 0 Å². The van der Waals surface area contributed by atoms with Gasteiger partial charge >= 0.3 is 0 Å². The van der Waals surface area contributed by atoms with Crippen LogP contribution in [0.4, 0.5) is 5.82 Å². The number of aryl methyl sites for hydroxylation is 1. The average Bonchev–Trinajstić information content (AvgIpc) is 3.04. The second-order valence-electron chi connectivity index (χ2n) is 4.97. The topological polar surface area (TPSA) is 75.9 Å². The Balaban J connectivity index is 1.61. The number of hydrogen-bond acceptors (Lipinski definition) is 5. The lowest BCUT2D eigenvalue weighted by Crippen LogP contribution is -2.28. The van der Waals surface area contributed by atoms with Crippen LogP contribution in [0.15, 0.2) is 47.1 Å². The van der Waals surface area contributed by atoms with Gasteiger partial charge in [-0.2, -0.15) is 4.98 Å². The number of nitrogens with one attached hydrogen (secondary N) is 2. The average molecular weight is 360 g/mol. The quantitative estimate of drug-likeness (QED) is 0.689. The molecule has 8 heteroatoms. The fourth-order valence-corrected chi connectivity index (χ4v) is 2.39. The molecular weight excluding hydrogens is 346 g/mol. The molecule has 0 fully saturated rings. The van der Waals surface area contributed by atoms with Crippen molar-refractivity contribution in [2.45, 2.75) is 13.5 Å². The standard InChI is InChI=1S/C16H14ClN5OS/c1-10-5-4-8-18-14(10)21-16(24)19-9-13-20-15(22-23-13)11-6-2-3-7-12(11)17/h2-8H,9H2,1H3,(H2,18,19,21,24). The van der Waals surface area contributed by atoms with Crippen LogP contribution in [0.25, 0.3) is 11.4 Å². The molecule has 24 heavy (non-hydrogen) atoms. The fraction of sp³-hybridized carbons (Fsp3) is 0.125. The van der Waals surface area contributed by atoms with Gasteiger partial charge in [-0.15, -0.1) is 0 Å². The Morgan fingerprint density at radius 2 is 2.08 bits per heavy atom. The third-order valence-electron chi connectivity index (χ3n) is 3.22. The Hall–Kier alpha value is -2.51. The first-order valence-corrected chi connectivity index (χ1v) is 7.96. The van der Waals surface area contributed by atoms with Crippen molar-refractivity contribution in [2.24, 2.45) is 0 Å². The molecule has 0 radical (unpaired) electrons. The SMILES string of the molecule is Cc1cccnc1NC(=S)NCc1nc(-c2ccccc2Cl)no1. The molecule has 0 saturated heterocycles. The summed E-state index contributed by atoms with van der Waals surface area (Å²) in [6.07, 6.45) is 1.70. The molecule has 0 aliphatic rings. The smallest absolute Gasteiger partial charge is 0.246 e. The van der Waals surface area contributed by atoms with Crippen molar-refractivity contribution in [1.29, 1.82) is 0 Å². The molecule has 6 nitrogen and oxygen atoms in total. The summed E-state index contributed by atoms with van der Waals surface area (Å²) in [7, 11) is 0. The van der Waals surface area contributed by atoms with Gasteiger partial charge in [0.2, 0.25) is 11.7 Å². The van der Waals surface area contributed by atoms with Gasteiger partial charge in [0, 0.05) is 11.8 Å². The predicted octanol–water partition coefficient (Wildman–Crippen LogP) is 3.58. The first-order valence-electron chi connectivity index (χ1n) is 7.17. The normalized spacial score (nSPS) is 10.4. The second kappa shape index (κ2) is 7.37. The minimum atomic E-state index is 0.301. The van der Waals surface area contributed by atoms with E-state index in [4.69, 9.17) is 28.3 Å². The van der Waals surface area contributed by atoms with Gasteiger partial charge in [-0.3, -0.25) is 0 Å². The first-order chi connectivity index (χ1) is 11.6. The summed E-state index contributed by atoms with van der Waals surface area (Å²) in [5, 5.41) is 11.0. The van der Waals surface area contributed by atoms with Crippen LogP contribution in [0.1, 0.15) is 11.5 Å². The monoisotopic (exact) mass is 359 g/mol. The minimum Gasteiger partial charge on any atom is -0.353 e. The van der Waals surface area contributed by atoms with E-state index >= 15 is 0 Å². The van der Waals surface area contributed by atoms with Gasteiger partial charge in [-0.25, -0.2) is 4.98 Å². The van der Waals surface area contributed by atoms with Gasteiger partial charge in [0.25, 0.3) is 0 Å². The molecular formula is C16H14ClN5OS. The van der Waals surface area contributed by atoms with Crippen molar-refractivity contribution < 1.29 is 4.52 Å². The Kier molecular flexibility index (Phi) is 5.02. The lowest BCUT2D eigenvalue weighted by Gasteiger charge is -2.09. The summed E-state index contributed by atoms with van der Waals surface area (Å²) in [6, 6.07) is 11.1. The highest BCUT2D eigenvalue weighted by Crippen LogP contribution is 2.24. The van der Waals surface area contributed by atoms with Gasteiger partial charge in [0.05, 0.1) is 11.6 Å². The molecule has 0 amide bonds. The van der Waals surface area contributed by atoms with E-state index in [-0.39, 0.29) is 0 Å². The van der Waals surface area contributed by atoms with Crippen LogP contribution in [0.5, 0.6) is 0 Å². The molecule has 0 spiro atoms. The van der Waals surface area contributed by atoms with Crippen molar-refractivity contribution >= 4 is 34.7 Å². The predicted molar refractivity (Wildman–Crippen MR) is 96.8 cm³/mol. The van der Waals surface area contributed by atoms with Crippen LogP contribution >= 0.6 is 23.8 Å². The molecule has 0 saturated carbocycles. The molecule has 2 N–H and O–H groups in total. The van der Waals surface area contributed by atoms with Crippen LogP contribution in [0, 0.1) is 6.92 Å². The number of rotatable bonds is 4. The van der Waals surface area contributed by atoms with E-state index in [9.17, 15) is 0 Å². The zero-order valence-electron chi connectivity index (χ0n) is 12.8. The lowest BCUT2D eigenvalue weighted by molar-refractivity contribution is 0.376. The largest absolute Gasteiger partial charge is 0.353 e. The maximum atomic E-state index is 6.13. The van der Waals surface area contributed by atoms with E-state index < -0.39 is 0 Å². The number of halogens is 1. The zero-order chi connectivity index (χ0) is 16.9. The van der Waals surface area contributed by atoms with Crippen LogP contribution in [-0.4, -0.2) is 20.2 Å². The van der Waals surface area contributed by atoms with Gasteiger partial charge < -0.3 is 15.2 Å². The van der Waals surface area contributed by atoms with Crippen LogP contribution in [0.2, 0.25) is 5.02 Å². The number of anilines is 1. The van der Waals surface area contributed by atoms with E-state index in [1.807, 2.05) is 37.3 Å². The summed E-state index contributed by atoms with van der Waals surface area (Å²) in [6.45, 7) is 2.25. The highest BCUT2D eigenvalue weighted by Gasteiger charge is 2.11. The van der Waals surface area contributed by atoms with Crippen molar-refractivity contribution in [3.8, 4) is 11.4 Å². The van der Waals surface area contributed by atoms with Crippen molar-refractivity contribution in [2.75, 3.05) is 5.32 Å². The van der Waals surface area contributed by atoms with Gasteiger partial charge in [0.1, 0.15) is 5.82 Å². The van der Waals surface area contributed by atoms with E-state index in [2.05, 4.69) is 25.8 Å². The molecule has 0 aliphatic carbocycles. The number of hydrogen-bond donors (Lipinski definition) is 2. The van der Waals surface area contributed by atoms with Crippen molar-refractivity contribution in [1.82, 2.24) is 20.4 Å². The van der Waals surface area contributed by atoms with E-state index in [0.29, 0.717) is 34.2 Å². The summed E-state index contributed by atoms with van der Waals surface area (Å²) in [4.78, 5) is 8.53. The first kappa shape index (κ1) is 16.4. The van der Waals surface area contributed by atoms with E-state index in [0.717, 1.165) is 11.1 Å². The fourth-order valence-electron chi connectivity index (χ4n) is 2.00. The number of pyridine rings is 1. The van der Waals surface area contributed by atoms with Gasteiger partial charge in [0.15, 0.2) is 5.11 Å². The molecule has 122 valence electrons. The zero-order valence-corrected chi connectivity index (χ0v) is 14.4. The number of benzene rings is 1. The third-order valence-corrected chi connectivity index (χ3v) is 3.80. The van der Waals surface area contributed by atoms with Crippen LogP contribution in [-0.2, 0) is 6.54 Å². The number of thiocarbonyl (C=S) groups is 1. The second-order valence-corrected chi connectivity index (χ2v) is 5.78. The third kappa shape index (κ3) is 3.87. The number of nitrogens with zero attached hydrogens (tertiary/aromatic N) is 3. The maximum Gasteiger partial charge on any atom is 0.246 e. The summed E-state index contributed by atoms with van der Waals surface area (Å²) < 4.78 is 5.21. The molecule has 1 aromatic carbocycles. The van der Waals surface area contributed by atoms with Crippen molar-refractivity contribution in [3.63, 3.8) is 0 Å². The molecule has 0 bridgehead atoms. The Bertz CT molecular complexity index is 867. The molecule has 0 aliphatic heterocycles. The van der Waals surface area contributed by atoms with E-state index in [1.54, 1.807) is 12.3 Å². The maximum absolute atomic E-state index is 6.13. The van der Waals surface area contributed by atoms with Crippen molar-refractivity contribution in [3.05, 3.63) is 59.1 Å². The molecule has 2 aromatic heterocycles. The van der Waals surface area contributed by atoms with Gasteiger partial charge in [-0.05, 0) is 42.9 Å². The van der Waals surface area contributed by atoms with Crippen LogP contribution < -0.4 is 10.6 Å². The Morgan fingerprint density at radius 3 is 2.88 bits per heavy atom. The highest BCUT2D eigenvalue weighted by molar-refractivity contribution is 7.80. The summed E-state index contributed by atoms with van der Waals surface area (Å²) in [5.41, 5.74) is 1.72. The Labute approximate surface area is 149 Å². The molecule has 3 rings (SSSR count). The highest BCUT2D eigenvalue weighted by atomic mass is 35.5. The number of aromatic nitrogens is 3.